The lowest BCUT2D eigenvalue weighted by Crippen LogP contribution is -2.38. The van der Waals surface area contributed by atoms with Crippen LogP contribution in [0.3, 0.4) is 0 Å². The summed E-state index contributed by atoms with van der Waals surface area (Å²) in [5, 5.41) is 0.326. The minimum atomic E-state index is -0.476. The Morgan fingerprint density at radius 3 is 2.25 bits per heavy atom. The van der Waals surface area contributed by atoms with E-state index in [1.807, 2.05) is 44.7 Å². The molecule has 1 unspecified atom stereocenters. The standard InChI is InChI=1S/C22H26FNO3S/c1-22(2,3)27-21(25)24-13-12-20(28-15-14-24)16-4-8-18(9-5-16)26-19-10-6-17(23)7-11-19/h4-11,20H,12-15H2,1-3H3. The van der Waals surface area contributed by atoms with Crippen LogP contribution >= 0.6 is 11.8 Å². The highest BCUT2D eigenvalue weighted by Crippen LogP contribution is 2.35. The summed E-state index contributed by atoms with van der Waals surface area (Å²) in [5.74, 6) is 1.90. The van der Waals surface area contributed by atoms with Crippen molar-refractivity contribution in [2.75, 3.05) is 18.8 Å². The van der Waals surface area contributed by atoms with Crippen LogP contribution in [0.25, 0.3) is 0 Å². The van der Waals surface area contributed by atoms with E-state index in [2.05, 4.69) is 12.1 Å². The van der Waals surface area contributed by atoms with Crippen molar-refractivity contribution in [3.8, 4) is 11.5 Å². The van der Waals surface area contributed by atoms with Crippen LogP contribution in [0, 0.1) is 5.82 Å². The van der Waals surface area contributed by atoms with Gasteiger partial charge in [0.1, 0.15) is 22.9 Å². The Labute approximate surface area is 170 Å². The van der Waals surface area contributed by atoms with Crippen molar-refractivity contribution in [2.45, 2.75) is 38.0 Å². The molecule has 1 aliphatic heterocycles. The van der Waals surface area contributed by atoms with Gasteiger partial charge in [-0.1, -0.05) is 12.1 Å². The first-order chi connectivity index (χ1) is 13.3. The number of hydrogen-bond acceptors (Lipinski definition) is 4. The topological polar surface area (TPSA) is 38.8 Å². The summed E-state index contributed by atoms with van der Waals surface area (Å²) in [4.78, 5) is 14.1. The number of thioether (sulfide) groups is 1. The van der Waals surface area contributed by atoms with Gasteiger partial charge in [-0.15, -0.1) is 0 Å². The maximum atomic E-state index is 13.0. The Kier molecular flexibility index (Phi) is 6.50. The number of amides is 1. The van der Waals surface area contributed by atoms with E-state index >= 15 is 0 Å². The molecule has 0 aromatic heterocycles. The van der Waals surface area contributed by atoms with Gasteiger partial charge in [0.05, 0.1) is 0 Å². The largest absolute Gasteiger partial charge is 0.457 e. The molecular formula is C22H26FNO3S. The van der Waals surface area contributed by atoms with Crippen LogP contribution in [-0.4, -0.2) is 35.4 Å². The second-order valence-corrected chi connectivity index (χ2v) is 9.05. The molecular weight excluding hydrogens is 377 g/mol. The highest BCUT2D eigenvalue weighted by Gasteiger charge is 2.26. The molecule has 0 bridgehead atoms. The predicted octanol–water partition coefficient (Wildman–Crippen LogP) is 6.03. The average Bonchev–Trinajstić information content (AvgIpc) is 2.89. The van der Waals surface area contributed by atoms with Crippen molar-refractivity contribution in [2.24, 2.45) is 0 Å². The van der Waals surface area contributed by atoms with Crippen LogP contribution in [-0.2, 0) is 4.74 Å². The average molecular weight is 404 g/mol. The van der Waals surface area contributed by atoms with Crippen LogP contribution in [0.4, 0.5) is 9.18 Å². The Balaban J connectivity index is 1.58. The van der Waals surface area contributed by atoms with E-state index < -0.39 is 5.60 Å². The van der Waals surface area contributed by atoms with Crippen LogP contribution < -0.4 is 4.74 Å². The van der Waals surface area contributed by atoms with Crippen molar-refractivity contribution < 1.29 is 18.7 Å². The Morgan fingerprint density at radius 1 is 1.04 bits per heavy atom. The molecule has 3 rings (SSSR count). The third-order valence-corrected chi connectivity index (χ3v) is 5.62. The maximum Gasteiger partial charge on any atom is 0.410 e. The first-order valence-electron chi connectivity index (χ1n) is 9.43. The summed E-state index contributed by atoms with van der Waals surface area (Å²) in [7, 11) is 0. The van der Waals surface area contributed by atoms with Gasteiger partial charge in [0.25, 0.3) is 0 Å². The minimum absolute atomic E-state index is 0.239. The fourth-order valence-electron chi connectivity index (χ4n) is 2.93. The first kappa shape index (κ1) is 20.5. The monoisotopic (exact) mass is 403 g/mol. The highest BCUT2D eigenvalue weighted by atomic mass is 32.2. The van der Waals surface area contributed by atoms with E-state index in [1.54, 1.807) is 17.0 Å². The molecule has 1 aliphatic rings. The number of nitrogens with zero attached hydrogens (tertiary/aromatic N) is 1. The molecule has 1 atom stereocenters. The van der Waals surface area contributed by atoms with E-state index in [0.717, 1.165) is 12.2 Å². The highest BCUT2D eigenvalue weighted by molar-refractivity contribution is 7.99. The molecule has 0 saturated carbocycles. The van der Waals surface area contributed by atoms with Gasteiger partial charge in [-0.3, -0.25) is 0 Å². The van der Waals surface area contributed by atoms with Gasteiger partial charge in [-0.05, 0) is 69.2 Å². The Hall–Kier alpha value is -2.21. The maximum absolute atomic E-state index is 13.0. The van der Waals surface area contributed by atoms with Gasteiger partial charge in [0, 0.05) is 24.1 Å². The van der Waals surface area contributed by atoms with Crippen LogP contribution in [0.1, 0.15) is 38.0 Å². The van der Waals surface area contributed by atoms with E-state index in [4.69, 9.17) is 9.47 Å². The van der Waals surface area contributed by atoms with E-state index in [1.165, 1.54) is 17.7 Å². The number of halogens is 1. The van der Waals surface area contributed by atoms with Crippen molar-refractivity contribution in [1.29, 1.82) is 0 Å². The van der Waals surface area contributed by atoms with Crippen molar-refractivity contribution in [3.05, 3.63) is 59.9 Å². The van der Waals surface area contributed by atoms with Crippen LogP contribution in [0.2, 0.25) is 0 Å². The summed E-state index contributed by atoms with van der Waals surface area (Å²) < 4.78 is 24.2. The zero-order valence-electron chi connectivity index (χ0n) is 16.5. The van der Waals surface area contributed by atoms with Gasteiger partial charge in [0.15, 0.2) is 0 Å². The third-order valence-electron chi connectivity index (χ3n) is 4.29. The normalized spacial score (nSPS) is 17.7. The van der Waals surface area contributed by atoms with Gasteiger partial charge in [-0.2, -0.15) is 11.8 Å². The predicted molar refractivity (Wildman–Crippen MR) is 111 cm³/mol. The molecule has 1 amide bonds. The van der Waals surface area contributed by atoms with Gasteiger partial charge in [-0.25, -0.2) is 9.18 Å². The Morgan fingerprint density at radius 2 is 1.64 bits per heavy atom. The number of rotatable bonds is 3. The zero-order chi connectivity index (χ0) is 20.1. The molecule has 0 spiro atoms. The molecule has 0 radical (unpaired) electrons. The molecule has 0 aliphatic carbocycles. The second-order valence-electron chi connectivity index (χ2n) is 7.74. The summed E-state index contributed by atoms with van der Waals surface area (Å²) >= 11 is 1.86. The quantitative estimate of drug-likeness (QED) is 0.627. The van der Waals surface area contributed by atoms with Crippen molar-refractivity contribution in [3.63, 3.8) is 0 Å². The SMILES string of the molecule is CC(C)(C)OC(=O)N1CCSC(c2ccc(Oc3ccc(F)cc3)cc2)CC1. The number of carbonyl (C=O) groups excluding carboxylic acids is 1. The van der Waals surface area contributed by atoms with Crippen LogP contribution in [0.5, 0.6) is 11.5 Å². The third kappa shape index (κ3) is 5.89. The molecule has 150 valence electrons. The minimum Gasteiger partial charge on any atom is -0.457 e. The van der Waals surface area contributed by atoms with Gasteiger partial charge < -0.3 is 14.4 Å². The summed E-state index contributed by atoms with van der Waals surface area (Å²) in [5.41, 5.74) is 0.735. The smallest absolute Gasteiger partial charge is 0.410 e. The second kappa shape index (κ2) is 8.86. The fraction of sp³-hybridized carbons (Fsp3) is 0.409. The number of carbonyl (C=O) groups is 1. The molecule has 2 aromatic carbocycles. The van der Waals surface area contributed by atoms with Gasteiger partial charge in [0.2, 0.25) is 0 Å². The Bertz CT molecular complexity index is 787. The van der Waals surface area contributed by atoms with Gasteiger partial charge >= 0.3 is 6.09 Å². The van der Waals surface area contributed by atoms with E-state index in [9.17, 15) is 9.18 Å². The lowest BCUT2D eigenvalue weighted by Gasteiger charge is -2.26. The van der Waals surface area contributed by atoms with Crippen molar-refractivity contribution >= 4 is 17.9 Å². The molecule has 6 heteroatoms. The number of ether oxygens (including phenoxy) is 2. The van der Waals surface area contributed by atoms with E-state index in [0.29, 0.717) is 29.8 Å². The molecule has 1 saturated heterocycles. The van der Waals surface area contributed by atoms with E-state index in [-0.39, 0.29) is 11.9 Å². The zero-order valence-corrected chi connectivity index (χ0v) is 17.3. The summed E-state index contributed by atoms with van der Waals surface area (Å²) in [6.07, 6.45) is 0.638. The summed E-state index contributed by atoms with van der Waals surface area (Å²) in [6, 6.07) is 13.9. The molecule has 4 nitrogen and oxygen atoms in total. The summed E-state index contributed by atoms with van der Waals surface area (Å²) in [6.45, 7) is 7.03. The molecule has 28 heavy (non-hydrogen) atoms. The molecule has 1 fully saturated rings. The molecule has 2 aromatic rings. The van der Waals surface area contributed by atoms with Crippen LogP contribution in [0.15, 0.2) is 48.5 Å². The number of benzene rings is 2. The van der Waals surface area contributed by atoms with Crippen molar-refractivity contribution in [1.82, 2.24) is 4.90 Å². The number of hydrogen-bond donors (Lipinski definition) is 0. The first-order valence-corrected chi connectivity index (χ1v) is 10.5. The molecule has 0 N–H and O–H groups in total. The lowest BCUT2D eigenvalue weighted by atomic mass is 10.1. The fourth-order valence-corrected chi connectivity index (χ4v) is 4.17. The molecule has 1 heterocycles. The lowest BCUT2D eigenvalue weighted by molar-refractivity contribution is 0.0263.